The van der Waals surface area contributed by atoms with Crippen molar-refractivity contribution in [3.05, 3.63) is 47.6 Å². The van der Waals surface area contributed by atoms with E-state index in [4.69, 9.17) is 4.52 Å². The van der Waals surface area contributed by atoms with Crippen molar-refractivity contribution < 1.29 is 14.1 Å². The molecule has 3 heterocycles. The number of nitrogens with zero attached hydrogens (tertiary/aromatic N) is 4. The third kappa shape index (κ3) is 4.24. The van der Waals surface area contributed by atoms with Gasteiger partial charge in [-0.05, 0) is 24.3 Å². The summed E-state index contributed by atoms with van der Waals surface area (Å²) in [5, 5.41) is 3.96. The van der Waals surface area contributed by atoms with E-state index < -0.39 is 0 Å². The number of piperidine rings is 1. The quantitative estimate of drug-likeness (QED) is 0.792. The van der Waals surface area contributed by atoms with E-state index in [1.807, 2.05) is 23.1 Å². The molecular formula is C21H26N4O3. The number of rotatable bonds is 5. The molecule has 0 N–H and O–H groups in total. The van der Waals surface area contributed by atoms with Crippen LogP contribution in [0.3, 0.4) is 0 Å². The molecule has 2 amide bonds. The molecule has 2 saturated heterocycles. The summed E-state index contributed by atoms with van der Waals surface area (Å²) in [5.41, 5.74) is 1.17. The third-order valence-corrected chi connectivity index (χ3v) is 5.82. The molecule has 1 atom stereocenters. The predicted octanol–water partition coefficient (Wildman–Crippen LogP) is 2.18. The molecule has 0 radical (unpaired) electrons. The van der Waals surface area contributed by atoms with Gasteiger partial charge in [-0.2, -0.15) is 4.98 Å². The summed E-state index contributed by atoms with van der Waals surface area (Å²) >= 11 is 0. The van der Waals surface area contributed by atoms with Crippen molar-refractivity contribution in [3.63, 3.8) is 0 Å². The summed E-state index contributed by atoms with van der Waals surface area (Å²) in [5.74, 6) is 2.12. The van der Waals surface area contributed by atoms with E-state index in [1.165, 1.54) is 5.56 Å². The van der Waals surface area contributed by atoms with Crippen LogP contribution in [-0.2, 0) is 16.0 Å². The Bertz CT molecular complexity index is 827. The molecule has 0 bridgehead atoms. The summed E-state index contributed by atoms with van der Waals surface area (Å²) in [4.78, 5) is 32.9. The van der Waals surface area contributed by atoms with E-state index in [0.717, 1.165) is 38.2 Å². The molecule has 1 aromatic carbocycles. The van der Waals surface area contributed by atoms with Crippen molar-refractivity contribution in [2.75, 3.05) is 26.2 Å². The molecule has 2 aliphatic rings. The number of aryl methyl sites for hydroxylation is 1. The maximum atomic E-state index is 12.7. The number of carbonyl (C=O) groups is 2. The van der Waals surface area contributed by atoms with Crippen LogP contribution in [0.1, 0.15) is 42.5 Å². The van der Waals surface area contributed by atoms with Crippen LogP contribution in [0.2, 0.25) is 0 Å². The SMILES string of the molecule is Cc1nc(CC2CCN(C(=O)CN3CC(c4ccccc4)CC3=O)CC2)no1. The van der Waals surface area contributed by atoms with E-state index in [0.29, 0.717) is 24.8 Å². The molecule has 0 aliphatic carbocycles. The van der Waals surface area contributed by atoms with Gasteiger partial charge in [-0.25, -0.2) is 0 Å². The Morgan fingerprint density at radius 3 is 2.64 bits per heavy atom. The van der Waals surface area contributed by atoms with Crippen molar-refractivity contribution in [2.45, 2.75) is 38.5 Å². The fraction of sp³-hybridized carbons (Fsp3) is 0.524. The van der Waals surface area contributed by atoms with Crippen LogP contribution < -0.4 is 0 Å². The van der Waals surface area contributed by atoms with Crippen LogP contribution in [0.15, 0.2) is 34.9 Å². The Morgan fingerprint density at radius 1 is 1.21 bits per heavy atom. The smallest absolute Gasteiger partial charge is 0.242 e. The predicted molar refractivity (Wildman–Crippen MR) is 102 cm³/mol. The van der Waals surface area contributed by atoms with Gasteiger partial charge in [0.1, 0.15) is 0 Å². The largest absolute Gasteiger partial charge is 0.341 e. The lowest BCUT2D eigenvalue weighted by molar-refractivity contribution is -0.139. The first-order valence-corrected chi connectivity index (χ1v) is 9.98. The number of carbonyl (C=O) groups excluding carboxylic acids is 2. The van der Waals surface area contributed by atoms with Crippen molar-refractivity contribution in [3.8, 4) is 0 Å². The molecule has 4 rings (SSSR count). The lowest BCUT2D eigenvalue weighted by Gasteiger charge is -2.32. The maximum absolute atomic E-state index is 12.7. The minimum Gasteiger partial charge on any atom is -0.341 e. The van der Waals surface area contributed by atoms with Gasteiger partial charge in [0.25, 0.3) is 0 Å². The topological polar surface area (TPSA) is 79.5 Å². The number of benzene rings is 1. The van der Waals surface area contributed by atoms with Crippen molar-refractivity contribution >= 4 is 11.8 Å². The van der Waals surface area contributed by atoms with Gasteiger partial charge in [0.05, 0.1) is 6.54 Å². The summed E-state index contributed by atoms with van der Waals surface area (Å²) in [6.07, 6.45) is 3.14. The number of hydrogen-bond donors (Lipinski definition) is 0. The Balaban J connectivity index is 1.26. The Kier molecular flexibility index (Phi) is 5.41. The first kappa shape index (κ1) is 18.7. The highest BCUT2D eigenvalue weighted by atomic mass is 16.5. The zero-order valence-corrected chi connectivity index (χ0v) is 16.2. The zero-order chi connectivity index (χ0) is 19.5. The van der Waals surface area contributed by atoms with Gasteiger partial charge in [-0.15, -0.1) is 0 Å². The molecular weight excluding hydrogens is 356 g/mol. The average Bonchev–Trinajstić information content (AvgIpc) is 3.28. The highest BCUT2D eigenvalue weighted by molar-refractivity contribution is 5.86. The Morgan fingerprint density at radius 2 is 1.96 bits per heavy atom. The molecule has 2 fully saturated rings. The maximum Gasteiger partial charge on any atom is 0.242 e. The average molecular weight is 382 g/mol. The summed E-state index contributed by atoms with van der Waals surface area (Å²) in [6, 6.07) is 10.1. The summed E-state index contributed by atoms with van der Waals surface area (Å²) in [7, 11) is 0. The van der Waals surface area contributed by atoms with Crippen molar-refractivity contribution in [1.29, 1.82) is 0 Å². The number of likely N-dealkylation sites (tertiary alicyclic amines) is 2. The Hall–Kier alpha value is -2.70. The van der Waals surface area contributed by atoms with E-state index in [-0.39, 0.29) is 24.3 Å². The first-order chi connectivity index (χ1) is 13.6. The minimum atomic E-state index is 0.0518. The lowest BCUT2D eigenvalue weighted by Crippen LogP contribution is -2.44. The molecule has 2 aliphatic heterocycles. The molecule has 28 heavy (non-hydrogen) atoms. The molecule has 7 nitrogen and oxygen atoms in total. The second-order valence-corrected chi connectivity index (χ2v) is 7.84. The van der Waals surface area contributed by atoms with Crippen LogP contribution in [0.25, 0.3) is 0 Å². The van der Waals surface area contributed by atoms with Gasteiger partial charge in [0.2, 0.25) is 17.7 Å². The van der Waals surface area contributed by atoms with Gasteiger partial charge < -0.3 is 14.3 Å². The zero-order valence-electron chi connectivity index (χ0n) is 16.2. The van der Waals surface area contributed by atoms with Gasteiger partial charge >= 0.3 is 0 Å². The minimum absolute atomic E-state index is 0.0518. The first-order valence-electron chi connectivity index (χ1n) is 9.98. The van der Waals surface area contributed by atoms with Crippen LogP contribution in [-0.4, -0.2) is 57.9 Å². The fourth-order valence-corrected chi connectivity index (χ4v) is 4.21. The molecule has 1 unspecified atom stereocenters. The van der Waals surface area contributed by atoms with E-state index in [1.54, 1.807) is 11.8 Å². The standard InChI is InChI=1S/C21H26N4O3/c1-15-22-19(23-28-15)11-16-7-9-24(10-8-16)21(27)14-25-13-18(12-20(25)26)17-5-3-2-4-6-17/h2-6,16,18H,7-14H2,1H3. The Labute approximate surface area is 164 Å². The molecule has 1 aromatic heterocycles. The lowest BCUT2D eigenvalue weighted by atomic mass is 9.93. The molecule has 0 spiro atoms. The second kappa shape index (κ2) is 8.12. The molecule has 2 aromatic rings. The third-order valence-electron chi connectivity index (χ3n) is 5.82. The number of amides is 2. The van der Waals surface area contributed by atoms with Gasteiger partial charge in [-0.3, -0.25) is 9.59 Å². The van der Waals surface area contributed by atoms with Crippen LogP contribution >= 0.6 is 0 Å². The van der Waals surface area contributed by atoms with Gasteiger partial charge in [0, 0.05) is 45.3 Å². The molecule has 0 saturated carbocycles. The van der Waals surface area contributed by atoms with Crippen LogP contribution in [0.5, 0.6) is 0 Å². The normalized spacial score (nSPS) is 20.8. The van der Waals surface area contributed by atoms with Crippen LogP contribution in [0, 0.1) is 12.8 Å². The van der Waals surface area contributed by atoms with E-state index in [9.17, 15) is 9.59 Å². The fourth-order valence-electron chi connectivity index (χ4n) is 4.21. The van der Waals surface area contributed by atoms with Gasteiger partial charge in [0.15, 0.2) is 5.82 Å². The number of hydrogen-bond acceptors (Lipinski definition) is 5. The highest BCUT2D eigenvalue weighted by Gasteiger charge is 2.33. The van der Waals surface area contributed by atoms with Crippen molar-refractivity contribution in [2.24, 2.45) is 5.92 Å². The monoisotopic (exact) mass is 382 g/mol. The van der Waals surface area contributed by atoms with Crippen molar-refractivity contribution in [1.82, 2.24) is 19.9 Å². The second-order valence-electron chi connectivity index (χ2n) is 7.84. The van der Waals surface area contributed by atoms with Gasteiger partial charge in [-0.1, -0.05) is 35.5 Å². The van der Waals surface area contributed by atoms with E-state index >= 15 is 0 Å². The summed E-state index contributed by atoms with van der Waals surface area (Å²) < 4.78 is 5.03. The van der Waals surface area contributed by atoms with E-state index in [2.05, 4.69) is 22.3 Å². The van der Waals surface area contributed by atoms with Crippen LogP contribution in [0.4, 0.5) is 0 Å². The summed E-state index contributed by atoms with van der Waals surface area (Å²) in [6.45, 7) is 4.06. The molecule has 7 heteroatoms. The molecule has 148 valence electrons. The highest BCUT2D eigenvalue weighted by Crippen LogP contribution is 2.28. The number of aromatic nitrogens is 2.